The third kappa shape index (κ3) is 2.94. The third-order valence-corrected chi connectivity index (χ3v) is 3.63. The van der Waals surface area contributed by atoms with Crippen molar-refractivity contribution in [1.29, 1.82) is 0 Å². The molecular weight excluding hydrogens is 283 g/mol. The Morgan fingerprint density at radius 1 is 1.35 bits per heavy atom. The van der Waals surface area contributed by atoms with Gasteiger partial charge < -0.3 is 0 Å². The summed E-state index contributed by atoms with van der Waals surface area (Å²) in [6, 6.07) is 4.89. The van der Waals surface area contributed by atoms with Crippen molar-refractivity contribution in [2.45, 2.75) is 31.7 Å². The van der Waals surface area contributed by atoms with Gasteiger partial charge in [0, 0.05) is 10.0 Å². The number of allylic oxidation sites excluding steroid dienone is 1. The first kappa shape index (κ1) is 12.7. The van der Waals surface area contributed by atoms with Gasteiger partial charge >= 0.3 is 0 Å². The van der Waals surface area contributed by atoms with E-state index in [2.05, 4.69) is 27.4 Å². The average molecular weight is 299 g/mol. The monoisotopic (exact) mass is 298 g/mol. The van der Waals surface area contributed by atoms with Crippen LogP contribution in [0.25, 0.3) is 0 Å². The van der Waals surface area contributed by atoms with Gasteiger partial charge in [0.15, 0.2) is 0 Å². The van der Waals surface area contributed by atoms with E-state index in [0.717, 1.165) is 23.7 Å². The van der Waals surface area contributed by atoms with Crippen LogP contribution in [0.5, 0.6) is 0 Å². The van der Waals surface area contributed by atoms with E-state index in [1.165, 1.54) is 18.1 Å². The Morgan fingerprint density at radius 2 is 2.18 bits per heavy atom. The fourth-order valence-electron chi connectivity index (χ4n) is 2.26. The van der Waals surface area contributed by atoms with Gasteiger partial charge in [0.05, 0.1) is 6.04 Å². The van der Waals surface area contributed by atoms with Crippen molar-refractivity contribution >= 4 is 15.9 Å². The molecule has 0 bridgehead atoms. The van der Waals surface area contributed by atoms with Crippen LogP contribution in [0.3, 0.4) is 0 Å². The van der Waals surface area contributed by atoms with Crippen LogP contribution in [0.2, 0.25) is 0 Å². The molecule has 1 aromatic carbocycles. The van der Waals surface area contributed by atoms with Crippen LogP contribution in [0.1, 0.15) is 37.3 Å². The molecule has 0 amide bonds. The number of nitrogens with one attached hydrogen (secondary N) is 1. The van der Waals surface area contributed by atoms with Crippen molar-refractivity contribution in [2.75, 3.05) is 0 Å². The summed E-state index contributed by atoms with van der Waals surface area (Å²) in [6.07, 6.45) is 6.59. The van der Waals surface area contributed by atoms with Gasteiger partial charge in [-0.1, -0.05) is 33.6 Å². The van der Waals surface area contributed by atoms with E-state index >= 15 is 0 Å². The fraction of sp³-hybridized carbons (Fsp3) is 0.385. The molecule has 0 fully saturated rings. The molecule has 1 unspecified atom stereocenters. The maximum atomic E-state index is 13.9. The highest BCUT2D eigenvalue weighted by atomic mass is 79.9. The van der Waals surface area contributed by atoms with E-state index < -0.39 is 0 Å². The summed E-state index contributed by atoms with van der Waals surface area (Å²) >= 11 is 3.26. The molecule has 0 heterocycles. The maximum Gasteiger partial charge on any atom is 0.129 e. The van der Waals surface area contributed by atoms with Crippen molar-refractivity contribution in [2.24, 2.45) is 5.84 Å². The lowest BCUT2D eigenvalue weighted by Gasteiger charge is -2.23. The topological polar surface area (TPSA) is 38.0 Å². The van der Waals surface area contributed by atoms with Crippen LogP contribution < -0.4 is 11.3 Å². The molecule has 1 atom stereocenters. The summed E-state index contributed by atoms with van der Waals surface area (Å²) in [4.78, 5) is 0. The minimum atomic E-state index is -0.228. The molecule has 0 spiro atoms. The molecule has 0 saturated carbocycles. The molecule has 3 N–H and O–H groups in total. The van der Waals surface area contributed by atoms with E-state index in [1.807, 2.05) is 6.07 Å². The largest absolute Gasteiger partial charge is 0.271 e. The molecule has 4 heteroatoms. The molecule has 0 radical (unpaired) electrons. The summed E-state index contributed by atoms with van der Waals surface area (Å²) in [5.74, 6) is 5.35. The number of hydrogen-bond acceptors (Lipinski definition) is 2. The smallest absolute Gasteiger partial charge is 0.129 e. The summed E-state index contributed by atoms with van der Waals surface area (Å²) in [5.41, 5.74) is 4.53. The van der Waals surface area contributed by atoms with Crippen LogP contribution in [-0.4, -0.2) is 0 Å². The first-order chi connectivity index (χ1) is 8.22. The molecule has 2 rings (SSSR count). The highest BCUT2D eigenvalue weighted by molar-refractivity contribution is 9.10. The van der Waals surface area contributed by atoms with Crippen molar-refractivity contribution in [3.63, 3.8) is 0 Å². The predicted octanol–water partition coefficient (Wildman–Crippen LogP) is 3.59. The van der Waals surface area contributed by atoms with Crippen molar-refractivity contribution in [1.82, 2.24) is 5.43 Å². The quantitative estimate of drug-likeness (QED) is 0.508. The van der Waals surface area contributed by atoms with E-state index in [9.17, 15) is 4.39 Å². The van der Waals surface area contributed by atoms with Crippen molar-refractivity contribution in [3.05, 3.63) is 45.7 Å². The zero-order valence-electron chi connectivity index (χ0n) is 9.55. The van der Waals surface area contributed by atoms with Gasteiger partial charge in [0.2, 0.25) is 0 Å². The van der Waals surface area contributed by atoms with Gasteiger partial charge in [0.1, 0.15) is 5.82 Å². The standard InChI is InChI=1S/C13H16BrFN2/c14-10-6-7-11(12(15)8-10)13(17-16)9-4-2-1-3-5-9/h4,6-8,13,17H,1-3,5,16H2. The highest BCUT2D eigenvalue weighted by Crippen LogP contribution is 2.31. The second-order valence-electron chi connectivity index (χ2n) is 4.29. The lowest BCUT2D eigenvalue weighted by Crippen LogP contribution is -2.30. The second kappa shape index (κ2) is 5.76. The zero-order chi connectivity index (χ0) is 12.3. The third-order valence-electron chi connectivity index (χ3n) is 3.14. The van der Waals surface area contributed by atoms with Crippen LogP contribution in [0.15, 0.2) is 34.3 Å². The SMILES string of the molecule is NNC(C1=CCCCC1)c1ccc(Br)cc1F. The summed E-state index contributed by atoms with van der Waals surface area (Å²) in [7, 11) is 0. The normalized spacial score (nSPS) is 17.7. The number of rotatable bonds is 3. The molecule has 0 aromatic heterocycles. The predicted molar refractivity (Wildman–Crippen MR) is 70.7 cm³/mol. The lowest BCUT2D eigenvalue weighted by molar-refractivity contribution is 0.528. The Bertz CT molecular complexity index is 431. The van der Waals surface area contributed by atoms with Crippen LogP contribution in [0.4, 0.5) is 4.39 Å². The van der Waals surface area contributed by atoms with E-state index in [-0.39, 0.29) is 11.9 Å². The Hall–Kier alpha value is -0.710. The van der Waals surface area contributed by atoms with Gasteiger partial charge in [0.25, 0.3) is 0 Å². The average Bonchev–Trinajstić information content (AvgIpc) is 2.34. The van der Waals surface area contributed by atoms with Gasteiger partial charge in [-0.15, -0.1) is 0 Å². The van der Waals surface area contributed by atoms with Crippen LogP contribution in [0, 0.1) is 5.82 Å². The van der Waals surface area contributed by atoms with Gasteiger partial charge in [-0.2, -0.15) is 0 Å². The molecule has 1 aromatic rings. The molecule has 1 aliphatic carbocycles. The van der Waals surface area contributed by atoms with Crippen LogP contribution in [-0.2, 0) is 0 Å². The lowest BCUT2D eigenvalue weighted by atomic mass is 9.90. The molecule has 0 aliphatic heterocycles. The molecule has 92 valence electrons. The highest BCUT2D eigenvalue weighted by Gasteiger charge is 2.20. The van der Waals surface area contributed by atoms with Gasteiger partial charge in [-0.3, -0.25) is 5.84 Å². The minimum Gasteiger partial charge on any atom is -0.271 e. The first-order valence-electron chi connectivity index (χ1n) is 5.82. The molecule has 17 heavy (non-hydrogen) atoms. The number of nitrogens with two attached hydrogens (primary N) is 1. The summed E-state index contributed by atoms with van der Waals surface area (Å²) in [5, 5.41) is 0. The Morgan fingerprint density at radius 3 is 2.76 bits per heavy atom. The first-order valence-corrected chi connectivity index (χ1v) is 6.61. The van der Waals surface area contributed by atoms with Crippen molar-refractivity contribution in [3.8, 4) is 0 Å². The Labute approximate surface area is 109 Å². The Balaban J connectivity index is 2.31. The molecule has 1 aliphatic rings. The Kier molecular flexibility index (Phi) is 4.31. The van der Waals surface area contributed by atoms with E-state index in [4.69, 9.17) is 5.84 Å². The number of benzene rings is 1. The summed E-state index contributed by atoms with van der Waals surface area (Å²) < 4.78 is 14.6. The fourth-order valence-corrected chi connectivity index (χ4v) is 2.59. The van der Waals surface area contributed by atoms with Gasteiger partial charge in [-0.25, -0.2) is 9.82 Å². The molecule has 0 saturated heterocycles. The van der Waals surface area contributed by atoms with E-state index in [0.29, 0.717) is 5.56 Å². The second-order valence-corrected chi connectivity index (χ2v) is 5.21. The summed E-state index contributed by atoms with van der Waals surface area (Å²) in [6.45, 7) is 0. The van der Waals surface area contributed by atoms with Crippen molar-refractivity contribution < 1.29 is 4.39 Å². The minimum absolute atomic E-state index is 0.205. The zero-order valence-corrected chi connectivity index (χ0v) is 11.1. The maximum absolute atomic E-state index is 13.9. The molecule has 2 nitrogen and oxygen atoms in total. The number of halogens is 2. The number of hydrazine groups is 1. The van der Waals surface area contributed by atoms with Crippen LogP contribution >= 0.6 is 15.9 Å². The van der Waals surface area contributed by atoms with Gasteiger partial charge in [-0.05, 0) is 37.8 Å². The molecular formula is C13H16BrFN2. The number of hydrogen-bond donors (Lipinski definition) is 2. The van der Waals surface area contributed by atoms with E-state index in [1.54, 1.807) is 6.07 Å².